The Morgan fingerprint density at radius 2 is 2.07 bits per heavy atom. The monoisotopic (exact) mass is 371 g/mol. The average molecular weight is 371 g/mol. The molecule has 1 atom stereocenters. The van der Waals surface area contributed by atoms with Gasteiger partial charge in [0.2, 0.25) is 5.89 Å². The Morgan fingerprint density at radius 3 is 2.81 bits per heavy atom. The molecule has 3 aromatic rings. The fourth-order valence-corrected chi connectivity index (χ4v) is 3.25. The first-order valence-corrected chi connectivity index (χ1v) is 8.63. The Kier molecular flexibility index (Phi) is 4.35. The van der Waals surface area contributed by atoms with E-state index in [4.69, 9.17) is 9.05 Å². The Labute approximate surface area is 154 Å². The first-order valence-electron chi connectivity index (χ1n) is 8.63. The Morgan fingerprint density at radius 1 is 1.26 bits per heavy atom. The third-order valence-electron chi connectivity index (χ3n) is 4.62. The van der Waals surface area contributed by atoms with Gasteiger partial charge in [-0.05, 0) is 31.9 Å². The predicted octanol–water partition coefficient (Wildman–Crippen LogP) is 3.85. The standard InChI is InChI=1S/C18H18FN5O3/c1-10-15(12-6-3-4-7-13(12)19)27-22-16(10)21-18(25)24-9-5-8-14(24)17-20-11(2)26-23-17/h3-4,6-7,14H,5,8-9H2,1-2H3,(H,21,22,25). The third kappa shape index (κ3) is 3.16. The second-order valence-corrected chi connectivity index (χ2v) is 6.42. The molecule has 140 valence electrons. The lowest BCUT2D eigenvalue weighted by atomic mass is 10.1. The zero-order valence-corrected chi connectivity index (χ0v) is 14.9. The van der Waals surface area contributed by atoms with E-state index in [1.165, 1.54) is 6.07 Å². The van der Waals surface area contributed by atoms with E-state index in [1.807, 2.05) is 0 Å². The summed E-state index contributed by atoms with van der Waals surface area (Å²) in [7, 11) is 0. The van der Waals surface area contributed by atoms with Crippen molar-refractivity contribution in [2.45, 2.75) is 32.7 Å². The summed E-state index contributed by atoms with van der Waals surface area (Å²) in [6, 6.07) is 5.67. The number of carbonyl (C=O) groups is 1. The number of aryl methyl sites for hydroxylation is 1. The van der Waals surface area contributed by atoms with E-state index < -0.39 is 5.82 Å². The zero-order valence-electron chi connectivity index (χ0n) is 14.9. The van der Waals surface area contributed by atoms with Crippen molar-refractivity contribution in [1.29, 1.82) is 0 Å². The number of aromatic nitrogens is 3. The normalized spacial score (nSPS) is 16.7. The summed E-state index contributed by atoms with van der Waals surface area (Å²) in [6.45, 7) is 4.00. The predicted molar refractivity (Wildman–Crippen MR) is 93.4 cm³/mol. The molecule has 0 saturated carbocycles. The molecule has 1 saturated heterocycles. The molecule has 1 aromatic carbocycles. The van der Waals surface area contributed by atoms with E-state index in [2.05, 4.69) is 20.6 Å². The minimum Gasteiger partial charge on any atom is -0.354 e. The van der Waals surface area contributed by atoms with Gasteiger partial charge in [-0.15, -0.1) is 0 Å². The number of likely N-dealkylation sites (tertiary alicyclic amines) is 1. The van der Waals surface area contributed by atoms with Crippen molar-refractivity contribution in [3.8, 4) is 11.3 Å². The van der Waals surface area contributed by atoms with Crippen LogP contribution in [0, 0.1) is 19.7 Å². The van der Waals surface area contributed by atoms with Crippen LogP contribution in [0.5, 0.6) is 0 Å². The Balaban J connectivity index is 1.54. The molecule has 1 unspecified atom stereocenters. The van der Waals surface area contributed by atoms with Crippen LogP contribution in [0.15, 0.2) is 33.3 Å². The number of halogens is 1. The van der Waals surface area contributed by atoms with E-state index in [-0.39, 0.29) is 23.7 Å². The van der Waals surface area contributed by atoms with Crippen LogP contribution in [0.4, 0.5) is 15.0 Å². The lowest BCUT2D eigenvalue weighted by Gasteiger charge is -2.22. The van der Waals surface area contributed by atoms with Crippen molar-refractivity contribution in [2.75, 3.05) is 11.9 Å². The first-order chi connectivity index (χ1) is 13.0. The molecule has 1 fully saturated rings. The maximum atomic E-state index is 14.0. The number of urea groups is 1. The fraction of sp³-hybridized carbons (Fsp3) is 0.333. The lowest BCUT2D eigenvalue weighted by Crippen LogP contribution is -2.35. The van der Waals surface area contributed by atoms with E-state index in [0.717, 1.165) is 12.8 Å². The molecule has 0 bridgehead atoms. The minimum atomic E-state index is -0.415. The minimum absolute atomic E-state index is 0.249. The molecule has 0 radical (unpaired) electrons. The van der Waals surface area contributed by atoms with Crippen LogP contribution in [0.25, 0.3) is 11.3 Å². The van der Waals surface area contributed by atoms with Gasteiger partial charge in [0, 0.05) is 19.0 Å². The molecule has 1 aliphatic heterocycles. The Bertz CT molecular complexity index is 983. The van der Waals surface area contributed by atoms with Crippen LogP contribution in [-0.4, -0.2) is 32.8 Å². The maximum Gasteiger partial charge on any atom is 0.323 e. The summed E-state index contributed by atoms with van der Waals surface area (Å²) in [5, 5.41) is 10.6. The molecule has 1 aliphatic rings. The van der Waals surface area contributed by atoms with Crippen molar-refractivity contribution in [3.05, 3.63) is 47.4 Å². The van der Waals surface area contributed by atoms with E-state index in [9.17, 15) is 9.18 Å². The number of rotatable bonds is 3. The van der Waals surface area contributed by atoms with Crippen LogP contribution < -0.4 is 5.32 Å². The van der Waals surface area contributed by atoms with Crippen LogP contribution in [0.3, 0.4) is 0 Å². The van der Waals surface area contributed by atoms with Crippen LogP contribution >= 0.6 is 0 Å². The first kappa shape index (κ1) is 17.2. The van der Waals surface area contributed by atoms with Crippen molar-refractivity contribution < 1.29 is 18.2 Å². The van der Waals surface area contributed by atoms with Gasteiger partial charge in [-0.1, -0.05) is 22.4 Å². The molecule has 9 heteroatoms. The van der Waals surface area contributed by atoms with Crippen molar-refractivity contribution in [1.82, 2.24) is 20.2 Å². The molecular formula is C18H18FN5O3. The number of hydrogen-bond donors (Lipinski definition) is 1. The summed E-state index contributed by atoms with van der Waals surface area (Å²) in [5.41, 5.74) is 0.851. The molecule has 3 heterocycles. The van der Waals surface area contributed by atoms with Gasteiger partial charge < -0.3 is 13.9 Å². The molecule has 8 nitrogen and oxygen atoms in total. The molecule has 4 rings (SSSR count). The van der Waals surface area contributed by atoms with Gasteiger partial charge in [-0.2, -0.15) is 4.98 Å². The number of nitrogens with one attached hydrogen (secondary N) is 1. The highest BCUT2D eigenvalue weighted by Gasteiger charge is 2.34. The quantitative estimate of drug-likeness (QED) is 0.751. The molecule has 1 N–H and O–H groups in total. The molecule has 27 heavy (non-hydrogen) atoms. The number of benzene rings is 1. The third-order valence-corrected chi connectivity index (χ3v) is 4.62. The summed E-state index contributed by atoms with van der Waals surface area (Å²) >= 11 is 0. The van der Waals surface area contributed by atoms with Crippen molar-refractivity contribution in [2.24, 2.45) is 0 Å². The molecule has 2 aromatic heterocycles. The van der Waals surface area contributed by atoms with Crippen LogP contribution in [0.2, 0.25) is 0 Å². The molecule has 0 spiro atoms. The van der Waals surface area contributed by atoms with Gasteiger partial charge in [0.1, 0.15) is 5.82 Å². The maximum absolute atomic E-state index is 14.0. The van der Waals surface area contributed by atoms with Gasteiger partial charge in [0.25, 0.3) is 0 Å². The van der Waals surface area contributed by atoms with E-state index >= 15 is 0 Å². The van der Waals surface area contributed by atoms with Gasteiger partial charge in [-0.25, -0.2) is 9.18 Å². The summed E-state index contributed by atoms with van der Waals surface area (Å²) in [5.74, 6) is 1.08. The van der Waals surface area contributed by atoms with Gasteiger partial charge >= 0.3 is 6.03 Å². The van der Waals surface area contributed by atoms with E-state index in [0.29, 0.717) is 29.4 Å². The summed E-state index contributed by atoms with van der Waals surface area (Å²) in [4.78, 5) is 18.6. The number of amides is 2. The van der Waals surface area contributed by atoms with Gasteiger partial charge in [-0.3, -0.25) is 5.32 Å². The topological polar surface area (TPSA) is 97.3 Å². The van der Waals surface area contributed by atoms with Gasteiger partial charge in [0.15, 0.2) is 17.4 Å². The van der Waals surface area contributed by atoms with E-state index in [1.54, 1.807) is 36.9 Å². The van der Waals surface area contributed by atoms with Gasteiger partial charge in [0.05, 0.1) is 11.6 Å². The number of nitrogens with zero attached hydrogens (tertiary/aromatic N) is 4. The number of carbonyl (C=O) groups excluding carboxylic acids is 1. The summed E-state index contributed by atoms with van der Waals surface area (Å²) < 4.78 is 24.3. The van der Waals surface area contributed by atoms with Crippen LogP contribution in [0.1, 0.15) is 36.2 Å². The molecule has 0 aliphatic carbocycles. The second kappa shape index (κ2) is 6.82. The highest BCUT2D eigenvalue weighted by molar-refractivity contribution is 5.90. The Hall–Kier alpha value is -3.23. The molecule has 2 amide bonds. The van der Waals surface area contributed by atoms with Crippen LogP contribution in [-0.2, 0) is 0 Å². The SMILES string of the molecule is Cc1nc(C2CCCN2C(=O)Nc2noc(-c3ccccc3F)c2C)no1. The zero-order chi connectivity index (χ0) is 19.0. The highest BCUT2D eigenvalue weighted by Crippen LogP contribution is 2.33. The molecular weight excluding hydrogens is 353 g/mol. The smallest absolute Gasteiger partial charge is 0.323 e. The average Bonchev–Trinajstić information content (AvgIpc) is 3.37. The van der Waals surface area contributed by atoms with Crippen molar-refractivity contribution in [3.63, 3.8) is 0 Å². The highest BCUT2D eigenvalue weighted by atomic mass is 19.1. The number of anilines is 1. The fourth-order valence-electron chi connectivity index (χ4n) is 3.25. The summed E-state index contributed by atoms with van der Waals surface area (Å²) in [6.07, 6.45) is 1.59. The number of hydrogen-bond acceptors (Lipinski definition) is 6. The lowest BCUT2D eigenvalue weighted by molar-refractivity contribution is 0.203. The van der Waals surface area contributed by atoms with Crippen molar-refractivity contribution >= 4 is 11.8 Å². The largest absolute Gasteiger partial charge is 0.354 e. The second-order valence-electron chi connectivity index (χ2n) is 6.42.